The third kappa shape index (κ3) is 2.59. The van der Waals surface area contributed by atoms with Crippen LogP contribution in [0.1, 0.15) is 15.4 Å². The third-order valence-electron chi connectivity index (χ3n) is 2.29. The lowest BCUT2D eigenvalue weighted by Crippen LogP contribution is -1.86. The van der Waals surface area contributed by atoms with E-state index in [9.17, 15) is 5.11 Å². The van der Waals surface area contributed by atoms with Crippen LogP contribution in [0.4, 0.5) is 0 Å². The lowest BCUT2D eigenvalue weighted by molar-refractivity contribution is 0.300. The number of aromatic nitrogens is 1. The van der Waals surface area contributed by atoms with Gasteiger partial charge in [-0.2, -0.15) is 0 Å². The molecule has 4 heteroatoms. The minimum absolute atomic E-state index is 0.151. The van der Waals surface area contributed by atoms with Crippen molar-refractivity contribution in [2.45, 2.75) is 12.8 Å². The molecule has 2 rings (SSSR count). The smallest absolute Gasteiger partial charge is 0.119 e. The summed E-state index contributed by atoms with van der Waals surface area (Å²) in [4.78, 5) is 5.34. The van der Waals surface area contributed by atoms with Crippen molar-refractivity contribution in [3.63, 3.8) is 0 Å². The van der Waals surface area contributed by atoms with E-state index < -0.39 is 0 Å². The van der Waals surface area contributed by atoms with Crippen LogP contribution < -0.4 is 0 Å². The standard InChI is InChI=1S/C12H13NO2S/c14-6-5-10-8-13-12(16-10)7-9-3-1-2-4-11(9)15/h1-4,8,14-15H,5-7H2. The van der Waals surface area contributed by atoms with Crippen LogP contribution in [0.5, 0.6) is 5.75 Å². The van der Waals surface area contributed by atoms with Crippen molar-refractivity contribution < 1.29 is 10.2 Å². The molecule has 1 heterocycles. The highest BCUT2D eigenvalue weighted by molar-refractivity contribution is 7.11. The average molecular weight is 235 g/mol. The van der Waals surface area contributed by atoms with Gasteiger partial charge < -0.3 is 10.2 Å². The van der Waals surface area contributed by atoms with Gasteiger partial charge in [0.1, 0.15) is 5.75 Å². The molecule has 0 aliphatic heterocycles. The summed E-state index contributed by atoms with van der Waals surface area (Å²) in [5.41, 5.74) is 0.882. The Morgan fingerprint density at radius 3 is 2.81 bits per heavy atom. The van der Waals surface area contributed by atoms with Crippen LogP contribution in [0.2, 0.25) is 0 Å². The molecule has 0 amide bonds. The van der Waals surface area contributed by atoms with Crippen LogP contribution in [-0.4, -0.2) is 21.8 Å². The van der Waals surface area contributed by atoms with E-state index in [4.69, 9.17) is 5.11 Å². The number of hydrogen-bond donors (Lipinski definition) is 2. The molecule has 0 aliphatic carbocycles. The summed E-state index contributed by atoms with van der Waals surface area (Å²) in [6.45, 7) is 0.151. The number of nitrogens with zero attached hydrogens (tertiary/aromatic N) is 1. The molecule has 0 unspecified atom stereocenters. The number of rotatable bonds is 4. The van der Waals surface area contributed by atoms with Crippen LogP contribution in [0, 0.1) is 0 Å². The average Bonchev–Trinajstić information content (AvgIpc) is 2.70. The Bertz CT molecular complexity index is 468. The van der Waals surface area contributed by atoms with Gasteiger partial charge in [0.2, 0.25) is 0 Å². The highest BCUT2D eigenvalue weighted by Crippen LogP contribution is 2.22. The van der Waals surface area contributed by atoms with Gasteiger partial charge in [-0.15, -0.1) is 11.3 Å². The summed E-state index contributed by atoms with van der Waals surface area (Å²) in [5.74, 6) is 0.307. The Kier molecular flexibility index (Phi) is 3.54. The van der Waals surface area contributed by atoms with E-state index in [0.29, 0.717) is 18.6 Å². The van der Waals surface area contributed by atoms with E-state index in [0.717, 1.165) is 15.4 Å². The molecule has 0 radical (unpaired) electrons. The minimum Gasteiger partial charge on any atom is -0.508 e. The summed E-state index contributed by atoms with van der Waals surface area (Å²) in [7, 11) is 0. The Balaban J connectivity index is 2.11. The number of benzene rings is 1. The molecule has 84 valence electrons. The van der Waals surface area contributed by atoms with E-state index in [-0.39, 0.29) is 6.61 Å². The normalized spacial score (nSPS) is 10.6. The second-order valence-corrected chi connectivity index (χ2v) is 4.70. The number of phenolic OH excluding ortho intramolecular Hbond substituents is 1. The Morgan fingerprint density at radius 1 is 1.25 bits per heavy atom. The molecule has 0 saturated carbocycles. The molecule has 16 heavy (non-hydrogen) atoms. The molecule has 2 N–H and O–H groups in total. The van der Waals surface area contributed by atoms with Crippen LogP contribution in [0.3, 0.4) is 0 Å². The van der Waals surface area contributed by atoms with Gasteiger partial charge in [0.25, 0.3) is 0 Å². The summed E-state index contributed by atoms with van der Waals surface area (Å²) in [6, 6.07) is 7.27. The quantitative estimate of drug-likeness (QED) is 0.852. The second-order valence-electron chi connectivity index (χ2n) is 3.50. The van der Waals surface area contributed by atoms with Gasteiger partial charge in [0.05, 0.1) is 5.01 Å². The maximum Gasteiger partial charge on any atom is 0.119 e. The van der Waals surface area contributed by atoms with Crippen molar-refractivity contribution in [2.24, 2.45) is 0 Å². The zero-order valence-corrected chi connectivity index (χ0v) is 9.57. The predicted octanol–water partition coefficient (Wildman–Crippen LogP) is 1.97. The first-order valence-corrected chi connectivity index (χ1v) is 5.92. The van der Waals surface area contributed by atoms with E-state index >= 15 is 0 Å². The molecule has 1 aromatic heterocycles. The van der Waals surface area contributed by atoms with Crippen LogP contribution in [0.25, 0.3) is 0 Å². The fraction of sp³-hybridized carbons (Fsp3) is 0.250. The van der Waals surface area contributed by atoms with Crippen molar-refractivity contribution >= 4 is 11.3 Å². The van der Waals surface area contributed by atoms with E-state index in [2.05, 4.69) is 4.98 Å². The lowest BCUT2D eigenvalue weighted by atomic mass is 10.1. The number of aliphatic hydroxyl groups is 1. The van der Waals surface area contributed by atoms with Crippen molar-refractivity contribution in [1.82, 2.24) is 4.98 Å². The van der Waals surface area contributed by atoms with Gasteiger partial charge >= 0.3 is 0 Å². The molecular formula is C12H13NO2S. The first-order valence-electron chi connectivity index (χ1n) is 5.11. The maximum absolute atomic E-state index is 9.62. The van der Waals surface area contributed by atoms with Crippen LogP contribution in [0.15, 0.2) is 30.5 Å². The molecule has 1 aromatic carbocycles. The Morgan fingerprint density at radius 2 is 2.06 bits per heavy atom. The molecule has 0 saturated heterocycles. The number of para-hydroxylation sites is 1. The van der Waals surface area contributed by atoms with Gasteiger partial charge in [0, 0.05) is 36.1 Å². The number of hydrogen-bond acceptors (Lipinski definition) is 4. The fourth-order valence-corrected chi connectivity index (χ4v) is 2.41. The first kappa shape index (κ1) is 11.1. The van der Waals surface area contributed by atoms with Crippen molar-refractivity contribution in [3.05, 3.63) is 45.9 Å². The van der Waals surface area contributed by atoms with Crippen molar-refractivity contribution in [3.8, 4) is 5.75 Å². The molecule has 0 fully saturated rings. The van der Waals surface area contributed by atoms with Crippen LogP contribution >= 0.6 is 11.3 Å². The highest BCUT2D eigenvalue weighted by Gasteiger charge is 2.05. The largest absolute Gasteiger partial charge is 0.508 e. The third-order valence-corrected chi connectivity index (χ3v) is 3.35. The molecule has 0 atom stereocenters. The SMILES string of the molecule is OCCc1cnc(Cc2ccccc2O)s1. The highest BCUT2D eigenvalue weighted by atomic mass is 32.1. The Hall–Kier alpha value is -1.39. The maximum atomic E-state index is 9.62. The summed E-state index contributed by atoms with van der Waals surface area (Å²) in [5, 5.41) is 19.4. The number of aliphatic hydroxyl groups excluding tert-OH is 1. The molecule has 0 bridgehead atoms. The molecule has 3 nitrogen and oxygen atoms in total. The van der Waals surface area contributed by atoms with Crippen LogP contribution in [-0.2, 0) is 12.8 Å². The van der Waals surface area contributed by atoms with E-state index in [1.165, 1.54) is 0 Å². The van der Waals surface area contributed by atoms with E-state index in [1.807, 2.05) is 12.1 Å². The molecule has 0 spiro atoms. The zero-order chi connectivity index (χ0) is 11.4. The first-order chi connectivity index (χ1) is 7.79. The lowest BCUT2D eigenvalue weighted by Gasteiger charge is -2.00. The van der Waals surface area contributed by atoms with Gasteiger partial charge in [-0.3, -0.25) is 0 Å². The van der Waals surface area contributed by atoms with Gasteiger partial charge in [-0.25, -0.2) is 4.98 Å². The minimum atomic E-state index is 0.151. The van der Waals surface area contributed by atoms with Gasteiger partial charge in [0.15, 0.2) is 0 Å². The molecule has 0 aliphatic rings. The number of thiazole rings is 1. The fourth-order valence-electron chi connectivity index (χ4n) is 1.48. The van der Waals surface area contributed by atoms with Gasteiger partial charge in [-0.05, 0) is 6.07 Å². The zero-order valence-electron chi connectivity index (χ0n) is 8.76. The molecular weight excluding hydrogens is 222 g/mol. The summed E-state index contributed by atoms with van der Waals surface area (Å²) < 4.78 is 0. The van der Waals surface area contributed by atoms with Crippen molar-refractivity contribution in [1.29, 1.82) is 0 Å². The predicted molar refractivity (Wildman–Crippen MR) is 63.8 cm³/mol. The summed E-state index contributed by atoms with van der Waals surface area (Å²) >= 11 is 1.58. The van der Waals surface area contributed by atoms with Gasteiger partial charge in [-0.1, -0.05) is 18.2 Å². The number of phenols is 1. The molecule has 2 aromatic rings. The van der Waals surface area contributed by atoms with E-state index in [1.54, 1.807) is 29.7 Å². The number of aromatic hydroxyl groups is 1. The summed E-state index contributed by atoms with van der Waals surface area (Å²) in [6.07, 6.45) is 3.08. The monoisotopic (exact) mass is 235 g/mol. The van der Waals surface area contributed by atoms with Crippen molar-refractivity contribution in [2.75, 3.05) is 6.61 Å². The second kappa shape index (κ2) is 5.09. The Labute approximate surface area is 98.0 Å². The topological polar surface area (TPSA) is 53.4 Å².